The maximum atomic E-state index is 13.5. The lowest BCUT2D eigenvalue weighted by Gasteiger charge is -2.26. The molecule has 5 heteroatoms. The van der Waals surface area contributed by atoms with Crippen molar-refractivity contribution in [2.75, 3.05) is 39.5 Å². The standard InChI is InChI=1S/C16H23ClFNO2/c1-2-8-21-16-13(11-14(18)12-15(16)17)4-3-5-19-6-9-20-10-7-19/h11-12H,2-10H2,1H3. The van der Waals surface area contributed by atoms with E-state index in [4.69, 9.17) is 21.1 Å². The zero-order valence-corrected chi connectivity index (χ0v) is 13.3. The lowest BCUT2D eigenvalue weighted by atomic mass is 10.1. The molecule has 0 amide bonds. The number of hydrogen-bond acceptors (Lipinski definition) is 3. The topological polar surface area (TPSA) is 21.7 Å². The molecule has 1 aliphatic rings. The van der Waals surface area contributed by atoms with Gasteiger partial charge in [0, 0.05) is 13.1 Å². The van der Waals surface area contributed by atoms with E-state index in [9.17, 15) is 4.39 Å². The first-order valence-corrected chi connectivity index (χ1v) is 7.99. The molecule has 0 aliphatic carbocycles. The molecule has 1 aromatic carbocycles. The predicted molar refractivity (Wildman–Crippen MR) is 82.8 cm³/mol. The van der Waals surface area contributed by atoms with Crippen LogP contribution in [-0.2, 0) is 11.2 Å². The highest BCUT2D eigenvalue weighted by Gasteiger charge is 2.13. The summed E-state index contributed by atoms with van der Waals surface area (Å²) in [6, 6.07) is 2.86. The van der Waals surface area contributed by atoms with E-state index in [1.165, 1.54) is 12.1 Å². The summed E-state index contributed by atoms with van der Waals surface area (Å²) < 4.78 is 24.6. The maximum absolute atomic E-state index is 13.5. The van der Waals surface area contributed by atoms with Crippen molar-refractivity contribution in [3.8, 4) is 5.75 Å². The highest BCUT2D eigenvalue weighted by molar-refractivity contribution is 6.32. The van der Waals surface area contributed by atoms with Crippen molar-refractivity contribution in [1.82, 2.24) is 4.90 Å². The normalized spacial score (nSPS) is 16.1. The van der Waals surface area contributed by atoms with E-state index < -0.39 is 0 Å². The molecule has 0 bridgehead atoms. The number of aryl methyl sites for hydroxylation is 1. The van der Waals surface area contributed by atoms with Crippen LogP contribution in [0.5, 0.6) is 5.75 Å². The Bertz CT molecular complexity index is 450. The van der Waals surface area contributed by atoms with Crippen molar-refractivity contribution >= 4 is 11.6 Å². The minimum absolute atomic E-state index is 0.301. The minimum atomic E-state index is -0.301. The van der Waals surface area contributed by atoms with Gasteiger partial charge in [0.15, 0.2) is 0 Å². The van der Waals surface area contributed by atoms with Crippen LogP contribution in [0.3, 0.4) is 0 Å². The molecular weight excluding hydrogens is 293 g/mol. The third-order valence-corrected chi connectivity index (χ3v) is 3.84. The molecule has 0 atom stereocenters. The number of rotatable bonds is 7. The van der Waals surface area contributed by atoms with Gasteiger partial charge >= 0.3 is 0 Å². The Morgan fingerprint density at radius 3 is 2.81 bits per heavy atom. The predicted octanol–water partition coefficient (Wildman–Crippen LogP) is 3.53. The van der Waals surface area contributed by atoms with E-state index >= 15 is 0 Å². The third-order valence-electron chi connectivity index (χ3n) is 3.56. The van der Waals surface area contributed by atoms with Gasteiger partial charge in [-0.05, 0) is 43.5 Å². The number of halogens is 2. The SMILES string of the molecule is CCCOc1c(Cl)cc(F)cc1CCCN1CCOCC1. The molecule has 1 heterocycles. The summed E-state index contributed by atoms with van der Waals surface area (Å²) in [4.78, 5) is 2.37. The zero-order valence-electron chi connectivity index (χ0n) is 12.5. The molecule has 0 N–H and O–H groups in total. The van der Waals surface area contributed by atoms with Gasteiger partial charge in [-0.15, -0.1) is 0 Å². The van der Waals surface area contributed by atoms with E-state index in [0.717, 1.165) is 57.7 Å². The van der Waals surface area contributed by atoms with Gasteiger partial charge in [-0.2, -0.15) is 0 Å². The van der Waals surface area contributed by atoms with Gasteiger partial charge < -0.3 is 9.47 Å². The van der Waals surface area contributed by atoms with Crippen molar-refractivity contribution in [2.45, 2.75) is 26.2 Å². The Morgan fingerprint density at radius 2 is 2.10 bits per heavy atom. The first-order valence-electron chi connectivity index (χ1n) is 7.61. The molecule has 0 aromatic heterocycles. The zero-order chi connectivity index (χ0) is 15.1. The maximum Gasteiger partial charge on any atom is 0.141 e. The molecule has 1 aliphatic heterocycles. The smallest absolute Gasteiger partial charge is 0.141 e. The second-order valence-electron chi connectivity index (χ2n) is 5.28. The molecule has 1 saturated heterocycles. The Labute approximate surface area is 131 Å². The molecule has 0 spiro atoms. The number of nitrogens with zero attached hydrogens (tertiary/aromatic N) is 1. The number of ether oxygens (including phenoxy) is 2. The summed E-state index contributed by atoms with van der Waals surface area (Å²) in [7, 11) is 0. The Kier molecular flexibility index (Phi) is 6.74. The number of morpholine rings is 1. The van der Waals surface area contributed by atoms with Crippen molar-refractivity contribution in [3.63, 3.8) is 0 Å². The van der Waals surface area contributed by atoms with Gasteiger partial charge in [-0.3, -0.25) is 4.90 Å². The first-order chi connectivity index (χ1) is 10.2. The highest BCUT2D eigenvalue weighted by atomic mass is 35.5. The van der Waals surface area contributed by atoms with Gasteiger partial charge in [0.05, 0.1) is 24.8 Å². The molecule has 21 heavy (non-hydrogen) atoms. The van der Waals surface area contributed by atoms with Gasteiger partial charge in [0.2, 0.25) is 0 Å². The van der Waals surface area contributed by atoms with E-state index in [1.54, 1.807) is 0 Å². The molecule has 0 saturated carbocycles. The molecule has 118 valence electrons. The van der Waals surface area contributed by atoms with Crippen LogP contribution >= 0.6 is 11.6 Å². The van der Waals surface area contributed by atoms with Crippen LogP contribution in [-0.4, -0.2) is 44.4 Å². The largest absolute Gasteiger partial charge is 0.492 e. The lowest BCUT2D eigenvalue weighted by molar-refractivity contribution is 0.0374. The second kappa shape index (κ2) is 8.57. The van der Waals surface area contributed by atoms with Crippen LogP contribution in [0.2, 0.25) is 5.02 Å². The lowest BCUT2D eigenvalue weighted by Crippen LogP contribution is -2.36. The Balaban J connectivity index is 1.93. The Morgan fingerprint density at radius 1 is 1.33 bits per heavy atom. The van der Waals surface area contributed by atoms with Gasteiger partial charge in [0.1, 0.15) is 11.6 Å². The fourth-order valence-corrected chi connectivity index (χ4v) is 2.76. The molecule has 2 rings (SSSR count). The fourth-order valence-electron chi connectivity index (χ4n) is 2.48. The van der Waals surface area contributed by atoms with Crippen LogP contribution in [0.4, 0.5) is 4.39 Å². The monoisotopic (exact) mass is 315 g/mol. The Hall–Kier alpha value is -0.840. The average molecular weight is 316 g/mol. The van der Waals surface area contributed by atoms with Crippen LogP contribution in [0.15, 0.2) is 12.1 Å². The molecule has 1 aromatic rings. The fraction of sp³-hybridized carbons (Fsp3) is 0.625. The average Bonchev–Trinajstić information content (AvgIpc) is 2.47. The number of benzene rings is 1. The van der Waals surface area contributed by atoms with E-state index in [-0.39, 0.29) is 5.82 Å². The summed E-state index contributed by atoms with van der Waals surface area (Å²) in [6.07, 6.45) is 2.64. The van der Waals surface area contributed by atoms with Crippen molar-refractivity contribution in [2.24, 2.45) is 0 Å². The van der Waals surface area contributed by atoms with Crippen LogP contribution in [0.25, 0.3) is 0 Å². The van der Waals surface area contributed by atoms with Crippen LogP contribution < -0.4 is 4.74 Å². The number of hydrogen-bond donors (Lipinski definition) is 0. The summed E-state index contributed by atoms with van der Waals surface area (Å²) in [5, 5.41) is 0.366. The van der Waals surface area contributed by atoms with E-state index in [1.807, 2.05) is 6.92 Å². The molecular formula is C16H23ClFNO2. The van der Waals surface area contributed by atoms with E-state index in [0.29, 0.717) is 17.4 Å². The van der Waals surface area contributed by atoms with Crippen LogP contribution in [0, 0.1) is 5.82 Å². The molecule has 0 unspecified atom stereocenters. The van der Waals surface area contributed by atoms with Crippen LogP contribution in [0.1, 0.15) is 25.3 Å². The van der Waals surface area contributed by atoms with Gasteiger partial charge in [-0.1, -0.05) is 18.5 Å². The summed E-state index contributed by atoms with van der Waals surface area (Å²) >= 11 is 6.11. The summed E-state index contributed by atoms with van der Waals surface area (Å²) in [6.45, 7) is 7.18. The van der Waals surface area contributed by atoms with Crippen molar-refractivity contribution in [1.29, 1.82) is 0 Å². The minimum Gasteiger partial charge on any atom is -0.492 e. The van der Waals surface area contributed by atoms with Gasteiger partial charge in [0.25, 0.3) is 0 Å². The quantitative estimate of drug-likeness (QED) is 0.768. The molecule has 0 radical (unpaired) electrons. The third kappa shape index (κ3) is 5.13. The van der Waals surface area contributed by atoms with Gasteiger partial charge in [-0.25, -0.2) is 4.39 Å². The molecule has 1 fully saturated rings. The summed E-state index contributed by atoms with van der Waals surface area (Å²) in [5.41, 5.74) is 0.863. The molecule has 3 nitrogen and oxygen atoms in total. The first kappa shape index (κ1) is 16.5. The van der Waals surface area contributed by atoms with E-state index in [2.05, 4.69) is 4.90 Å². The van der Waals surface area contributed by atoms with Crippen molar-refractivity contribution in [3.05, 3.63) is 28.5 Å². The highest BCUT2D eigenvalue weighted by Crippen LogP contribution is 2.31. The summed E-state index contributed by atoms with van der Waals surface area (Å²) in [5.74, 6) is 0.340. The second-order valence-corrected chi connectivity index (χ2v) is 5.69. The van der Waals surface area contributed by atoms with Crippen molar-refractivity contribution < 1.29 is 13.9 Å².